The number of nitrogens with zero attached hydrogens (tertiary/aromatic N) is 5. The van der Waals surface area contributed by atoms with Crippen LogP contribution < -0.4 is 5.32 Å². The van der Waals surface area contributed by atoms with E-state index in [1.165, 1.54) is 13.0 Å². The van der Waals surface area contributed by atoms with Gasteiger partial charge >= 0.3 is 0 Å². The van der Waals surface area contributed by atoms with Crippen LogP contribution in [0.1, 0.15) is 18.3 Å². The fourth-order valence-corrected chi connectivity index (χ4v) is 2.76. The van der Waals surface area contributed by atoms with Crippen LogP contribution in [0.5, 0.6) is 0 Å². The average Bonchev–Trinajstić information content (AvgIpc) is 3.27. The van der Waals surface area contributed by atoms with Gasteiger partial charge in [0.1, 0.15) is 17.3 Å². The van der Waals surface area contributed by atoms with Crippen molar-refractivity contribution < 1.29 is 9.18 Å². The monoisotopic (exact) mass is 365 g/mol. The maximum atomic E-state index is 14.0. The summed E-state index contributed by atoms with van der Waals surface area (Å²) in [5, 5.41) is 15.0. The molecule has 0 aliphatic heterocycles. The van der Waals surface area contributed by atoms with Crippen molar-refractivity contribution >= 4 is 16.9 Å². The molecule has 0 unspecified atom stereocenters. The molecule has 27 heavy (non-hydrogen) atoms. The summed E-state index contributed by atoms with van der Waals surface area (Å²) in [6.45, 7) is 1.92. The number of carbonyl (C=O) groups is 1. The van der Waals surface area contributed by atoms with E-state index in [1.54, 1.807) is 35.1 Å². The minimum atomic E-state index is -0.297. The zero-order valence-electron chi connectivity index (χ0n) is 14.5. The number of carbonyl (C=O) groups excluding carboxylic acids is 1. The third-order valence-electron chi connectivity index (χ3n) is 4.03. The van der Waals surface area contributed by atoms with Crippen LogP contribution in [0.2, 0.25) is 0 Å². The number of aromatic amines is 1. The number of halogens is 1. The van der Waals surface area contributed by atoms with Gasteiger partial charge in [0.25, 0.3) is 0 Å². The van der Waals surface area contributed by atoms with Crippen molar-refractivity contribution in [3.8, 4) is 11.5 Å². The van der Waals surface area contributed by atoms with Crippen LogP contribution in [-0.4, -0.2) is 35.9 Å². The summed E-state index contributed by atoms with van der Waals surface area (Å²) < 4.78 is 15.7. The molecule has 1 amide bonds. The summed E-state index contributed by atoms with van der Waals surface area (Å²) in [5.41, 5.74) is 1.67. The SMILES string of the molecule is CC(=O)NCc1nc(-c2nn(Cc3ccccc3F)c3ncccc23)n[nH]1. The van der Waals surface area contributed by atoms with Gasteiger partial charge in [0.05, 0.1) is 18.5 Å². The van der Waals surface area contributed by atoms with Crippen molar-refractivity contribution in [1.82, 2.24) is 35.3 Å². The van der Waals surface area contributed by atoms with E-state index in [4.69, 9.17) is 0 Å². The first-order chi connectivity index (χ1) is 13.1. The molecule has 0 saturated heterocycles. The first kappa shape index (κ1) is 16.8. The van der Waals surface area contributed by atoms with Crippen LogP contribution in [0, 0.1) is 5.82 Å². The fraction of sp³-hybridized carbons (Fsp3) is 0.167. The molecule has 0 fully saturated rings. The lowest BCUT2D eigenvalue weighted by atomic mass is 10.2. The number of hydrogen-bond donors (Lipinski definition) is 2. The second-order valence-corrected chi connectivity index (χ2v) is 5.99. The van der Waals surface area contributed by atoms with Crippen molar-refractivity contribution in [3.63, 3.8) is 0 Å². The smallest absolute Gasteiger partial charge is 0.217 e. The summed E-state index contributed by atoms with van der Waals surface area (Å²) in [7, 11) is 0. The Morgan fingerprint density at radius 1 is 1.26 bits per heavy atom. The Morgan fingerprint density at radius 3 is 2.93 bits per heavy atom. The molecule has 3 aromatic heterocycles. The summed E-state index contributed by atoms with van der Waals surface area (Å²) in [6, 6.07) is 10.2. The van der Waals surface area contributed by atoms with Crippen molar-refractivity contribution in [2.45, 2.75) is 20.0 Å². The lowest BCUT2D eigenvalue weighted by molar-refractivity contribution is -0.119. The van der Waals surface area contributed by atoms with E-state index >= 15 is 0 Å². The highest BCUT2D eigenvalue weighted by atomic mass is 19.1. The molecule has 0 radical (unpaired) electrons. The first-order valence-electron chi connectivity index (χ1n) is 8.33. The van der Waals surface area contributed by atoms with Crippen LogP contribution in [0.4, 0.5) is 4.39 Å². The van der Waals surface area contributed by atoms with Crippen molar-refractivity contribution in [2.24, 2.45) is 0 Å². The zero-order chi connectivity index (χ0) is 18.8. The molecule has 0 aliphatic rings. The van der Waals surface area contributed by atoms with Gasteiger partial charge in [-0.05, 0) is 18.2 Å². The third kappa shape index (κ3) is 3.39. The third-order valence-corrected chi connectivity index (χ3v) is 4.03. The first-order valence-corrected chi connectivity index (χ1v) is 8.33. The second kappa shape index (κ2) is 6.94. The number of rotatable bonds is 5. The summed E-state index contributed by atoms with van der Waals surface area (Å²) >= 11 is 0. The molecule has 3 heterocycles. The summed E-state index contributed by atoms with van der Waals surface area (Å²) in [5.74, 6) is 0.451. The number of aromatic nitrogens is 6. The molecular formula is C18H16FN7O. The Hall–Kier alpha value is -3.62. The van der Waals surface area contributed by atoms with E-state index in [2.05, 4.69) is 30.6 Å². The predicted octanol–water partition coefficient (Wildman–Crippen LogP) is 2.04. The predicted molar refractivity (Wildman–Crippen MR) is 95.9 cm³/mol. The Kier molecular flexibility index (Phi) is 4.33. The molecule has 136 valence electrons. The van der Waals surface area contributed by atoms with Gasteiger partial charge in [-0.3, -0.25) is 9.89 Å². The van der Waals surface area contributed by atoms with E-state index in [1.807, 2.05) is 6.07 Å². The number of amides is 1. The molecule has 0 atom stereocenters. The summed E-state index contributed by atoms with van der Waals surface area (Å²) in [4.78, 5) is 19.8. The van der Waals surface area contributed by atoms with Gasteiger partial charge in [-0.15, -0.1) is 0 Å². The maximum absolute atomic E-state index is 14.0. The van der Waals surface area contributed by atoms with Crippen molar-refractivity contribution in [1.29, 1.82) is 0 Å². The maximum Gasteiger partial charge on any atom is 0.217 e. The van der Waals surface area contributed by atoms with Gasteiger partial charge < -0.3 is 5.32 Å². The molecule has 0 saturated carbocycles. The quantitative estimate of drug-likeness (QED) is 0.564. The van der Waals surface area contributed by atoms with Crippen LogP contribution in [0.3, 0.4) is 0 Å². The van der Waals surface area contributed by atoms with E-state index < -0.39 is 0 Å². The lowest BCUT2D eigenvalue weighted by Gasteiger charge is -2.04. The van der Waals surface area contributed by atoms with Crippen LogP contribution in [-0.2, 0) is 17.9 Å². The topological polar surface area (TPSA) is 101 Å². The molecule has 0 bridgehead atoms. The second-order valence-electron chi connectivity index (χ2n) is 5.99. The van der Waals surface area contributed by atoms with E-state index in [0.717, 1.165) is 5.39 Å². The van der Waals surface area contributed by atoms with Crippen LogP contribution in [0.15, 0.2) is 42.6 Å². The van der Waals surface area contributed by atoms with Crippen LogP contribution >= 0.6 is 0 Å². The molecule has 2 N–H and O–H groups in total. The molecule has 1 aromatic carbocycles. The van der Waals surface area contributed by atoms with E-state index in [0.29, 0.717) is 28.6 Å². The van der Waals surface area contributed by atoms with Crippen LogP contribution in [0.25, 0.3) is 22.6 Å². The standard InChI is InChI=1S/C18H16FN7O/c1-11(27)21-9-15-22-17(24-23-15)16-13-6-4-8-20-18(13)26(25-16)10-12-5-2-3-7-14(12)19/h2-8H,9-10H2,1H3,(H,21,27)(H,22,23,24). The molecule has 0 spiro atoms. The largest absolute Gasteiger partial charge is 0.349 e. The number of hydrogen-bond acceptors (Lipinski definition) is 5. The average molecular weight is 365 g/mol. The minimum Gasteiger partial charge on any atom is -0.349 e. The molecule has 9 heteroatoms. The van der Waals surface area contributed by atoms with E-state index in [-0.39, 0.29) is 24.8 Å². The molecule has 4 rings (SSSR count). The number of fused-ring (bicyclic) bond motifs is 1. The van der Waals surface area contributed by atoms with E-state index in [9.17, 15) is 9.18 Å². The Morgan fingerprint density at radius 2 is 2.11 bits per heavy atom. The Bertz CT molecular complexity index is 1120. The van der Waals surface area contributed by atoms with Gasteiger partial charge in [-0.25, -0.2) is 19.0 Å². The highest BCUT2D eigenvalue weighted by Gasteiger charge is 2.18. The van der Waals surface area contributed by atoms with Gasteiger partial charge in [0, 0.05) is 18.7 Å². The summed E-state index contributed by atoms with van der Waals surface area (Å²) in [6.07, 6.45) is 1.66. The lowest BCUT2D eigenvalue weighted by Crippen LogP contribution is -2.19. The fourth-order valence-electron chi connectivity index (χ4n) is 2.76. The molecule has 0 aliphatic carbocycles. The van der Waals surface area contributed by atoms with Gasteiger partial charge in [0.2, 0.25) is 11.7 Å². The molecular weight excluding hydrogens is 349 g/mol. The van der Waals surface area contributed by atoms with Gasteiger partial charge in [-0.2, -0.15) is 10.2 Å². The number of nitrogens with one attached hydrogen (secondary N) is 2. The van der Waals surface area contributed by atoms with Gasteiger partial charge in [-0.1, -0.05) is 18.2 Å². The normalized spacial score (nSPS) is 11.0. The highest BCUT2D eigenvalue weighted by molar-refractivity contribution is 5.89. The minimum absolute atomic E-state index is 0.156. The van der Waals surface area contributed by atoms with Crippen molar-refractivity contribution in [3.05, 3.63) is 59.8 Å². The van der Waals surface area contributed by atoms with Gasteiger partial charge in [0.15, 0.2) is 5.65 Å². The Labute approximate surface area is 153 Å². The van der Waals surface area contributed by atoms with Crippen molar-refractivity contribution in [2.75, 3.05) is 0 Å². The number of benzene rings is 1. The molecule has 8 nitrogen and oxygen atoms in total. The Balaban J connectivity index is 1.72. The zero-order valence-corrected chi connectivity index (χ0v) is 14.5. The molecule has 4 aromatic rings. The highest BCUT2D eigenvalue weighted by Crippen LogP contribution is 2.25. The number of pyridine rings is 1. The number of H-pyrrole nitrogens is 1.